The minimum atomic E-state index is -0.276. The number of aryl methyl sites for hydroxylation is 1. The zero-order valence-electron chi connectivity index (χ0n) is 14.8. The highest BCUT2D eigenvalue weighted by molar-refractivity contribution is 7.99. The standard InChI is InChI=1S/C20H20N2O4S/c1-22-17-5-3-2-4-16(17)18(12-20(22)25)27-15-8-6-14(7-9-15)21-19(24)13-26-11-10-23/h2-9,12,23H,10-11,13H2,1H3,(H,21,24). The van der Waals surface area contributed by atoms with Crippen LogP contribution in [0.5, 0.6) is 0 Å². The number of anilines is 1. The summed E-state index contributed by atoms with van der Waals surface area (Å²) in [5.74, 6) is -0.276. The van der Waals surface area contributed by atoms with Gasteiger partial charge >= 0.3 is 0 Å². The van der Waals surface area contributed by atoms with E-state index in [1.54, 1.807) is 29.8 Å². The number of amides is 1. The Balaban J connectivity index is 1.74. The molecule has 0 bridgehead atoms. The third kappa shape index (κ3) is 4.77. The second kappa shape index (κ2) is 8.85. The molecule has 3 aromatic rings. The molecular formula is C20H20N2O4S. The summed E-state index contributed by atoms with van der Waals surface area (Å²) in [4.78, 5) is 25.8. The molecule has 0 unspecified atom stereocenters. The van der Waals surface area contributed by atoms with E-state index in [1.807, 2.05) is 36.4 Å². The number of para-hydroxylation sites is 1. The molecule has 0 saturated heterocycles. The van der Waals surface area contributed by atoms with Crippen molar-refractivity contribution in [3.63, 3.8) is 0 Å². The molecule has 0 saturated carbocycles. The van der Waals surface area contributed by atoms with Gasteiger partial charge in [0.2, 0.25) is 5.91 Å². The fraction of sp³-hybridized carbons (Fsp3) is 0.200. The van der Waals surface area contributed by atoms with Crippen molar-refractivity contribution >= 4 is 34.3 Å². The van der Waals surface area contributed by atoms with E-state index in [0.29, 0.717) is 5.69 Å². The number of ether oxygens (including phenoxy) is 1. The maximum atomic E-state index is 12.2. The van der Waals surface area contributed by atoms with E-state index in [-0.39, 0.29) is 31.3 Å². The minimum absolute atomic E-state index is 0.0528. The van der Waals surface area contributed by atoms with Crippen LogP contribution in [0.4, 0.5) is 5.69 Å². The summed E-state index contributed by atoms with van der Waals surface area (Å²) >= 11 is 1.51. The molecule has 0 aliphatic heterocycles. The SMILES string of the molecule is Cn1c(=O)cc(Sc2ccc(NC(=O)COCCO)cc2)c2ccccc21. The van der Waals surface area contributed by atoms with E-state index < -0.39 is 0 Å². The number of aliphatic hydroxyl groups is 1. The van der Waals surface area contributed by atoms with Gasteiger partial charge in [0.1, 0.15) is 6.61 Å². The fourth-order valence-corrected chi connectivity index (χ4v) is 3.59. The number of fused-ring (bicyclic) bond motifs is 1. The zero-order valence-corrected chi connectivity index (χ0v) is 15.7. The van der Waals surface area contributed by atoms with E-state index in [4.69, 9.17) is 9.84 Å². The van der Waals surface area contributed by atoms with E-state index >= 15 is 0 Å². The molecule has 1 aromatic heterocycles. The topological polar surface area (TPSA) is 80.6 Å². The monoisotopic (exact) mass is 384 g/mol. The summed E-state index contributed by atoms with van der Waals surface area (Å²) in [6, 6.07) is 16.8. The first kappa shape index (κ1) is 19.2. The molecule has 3 rings (SSSR count). The van der Waals surface area contributed by atoms with Crippen molar-refractivity contribution in [1.29, 1.82) is 0 Å². The number of aromatic nitrogens is 1. The lowest BCUT2D eigenvalue weighted by atomic mass is 10.2. The summed E-state index contributed by atoms with van der Waals surface area (Å²) in [7, 11) is 1.76. The van der Waals surface area contributed by atoms with Gasteiger partial charge in [-0.25, -0.2) is 0 Å². The molecule has 0 radical (unpaired) electrons. The zero-order chi connectivity index (χ0) is 19.2. The van der Waals surface area contributed by atoms with Gasteiger partial charge in [0.05, 0.1) is 18.7 Å². The molecule has 27 heavy (non-hydrogen) atoms. The van der Waals surface area contributed by atoms with E-state index in [0.717, 1.165) is 20.7 Å². The lowest BCUT2D eigenvalue weighted by Gasteiger charge is -2.10. The third-order valence-corrected chi connectivity index (χ3v) is 5.02. The van der Waals surface area contributed by atoms with Gasteiger partial charge in [0.25, 0.3) is 5.56 Å². The number of hydrogen-bond acceptors (Lipinski definition) is 5. The largest absolute Gasteiger partial charge is 0.394 e. The number of pyridine rings is 1. The van der Waals surface area contributed by atoms with Crippen LogP contribution in [0.15, 0.2) is 69.2 Å². The van der Waals surface area contributed by atoms with E-state index in [9.17, 15) is 9.59 Å². The average Bonchev–Trinajstić information content (AvgIpc) is 2.67. The first-order valence-corrected chi connectivity index (χ1v) is 9.25. The predicted octanol–water partition coefficient (Wildman–Crippen LogP) is 2.64. The Bertz CT molecular complexity index is 999. The van der Waals surface area contributed by atoms with Crippen LogP contribution in [0.1, 0.15) is 0 Å². The average molecular weight is 384 g/mol. The lowest BCUT2D eigenvalue weighted by Crippen LogP contribution is -2.19. The molecule has 0 atom stereocenters. The van der Waals surface area contributed by atoms with Gasteiger partial charge in [-0.05, 0) is 30.3 Å². The Hall–Kier alpha value is -2.61. The molecular weight excluding hydrogens is 364 g/mol. The Labute approximate surface area is 160 Å². The molecule has 0 fully saturated rings. The van der Waals surface area contributed by atoms with Crippen molar-refractivity contribution in [1.82, 2.24) is 4.57 Å². The van der Waals surface area contributed by atoms with Crippen LogP contribution in [-0.2, 0) is 16.6 Å². The van der Waals surface area contributed by atoms with Crippen molar-refractivity contribution in [2.24, 2.45) is 7.05 Å². The highest BCUT2D eigenvalue weighted by Gasteiger charge is 2.08. The van der Waals surface area contributed by atoms with Gasteiger partial charge in [-0.15, -0.1) is 0 Å². The minimum Gasteiger partial charge on any atom is -0.394 e. The van der Waals surface area contributed by atoms with Crippen molar-refractivity contribution in [3.05, 3.63) is 65.0 Å². The molecule has 6 nitrogen and oxygen atoms in total. The highest BCUT2D eigenvalue weighted by Crippen LogP contribution is 2.32. The molecule has 1 heterocycles. The van der Waals surface area contributed by atoms with Crippen LogP contribution in [0.3, 0.4) is 0 Å². The van der Waals surface area contributed by atoms with Gasteiger partial charge in [0, 0.05) is 34.0 Å². The Morgan fingerprint density at radius 2 is 1.93 bits per heavy atom. The molecule has 2 aromatic carbocycles. The molecule has 1 amide bonds. The number of nitrogens with zero attached hydrogens (tertiary/aromatic N) is 1. The highest BCUT2D eigenvalue weighted by atomic mass is 32.2. The van der Waals surface area contributed by atoms with Crippen molar-refractivity contribution < 1.29 is 14.6 Å². The first-order valence-electron chi connectivity index (χ1n) is 8.43. The molecule has 7 heteroatoms. The summed E-state index contributed by atoms with van der Waals surface area (Å²) in [5.41, 5.74) is 1.49. The number of rotatable bonds is 7. The fourth-order valence-electron chi connectivity index (χ4n) is 2.62. The number of carbonyl (C=O) groups excluding carboxylic acids is 1. The smallest absolute Gasteiger partial charge is 0.251 e. The first-order chi connectivity index (χ1) is 13.1. The van der Waals surface area contributed by atoms with E-state index in [1.165, 1.54) is 11.8 Å². The van der Waals surface area contributed by atoms with Crippen LogP contribution in [-0.4, -0.2) is 35.4 Å². The molecule has 2 N–H and O–H groups in total. The Morgan fingerprint density at radius 3 is 2.67 bits per heavy atom. The van der Waals surface area contributed by atoms with Gasteiger partial charge in [-0.1, -0.05) is 30.0 Å². The van der Waals surface area contributed by atoms with Crippen LogP contribution >= 0.6 is 11.8 Å². The van der Waals surface area contributed by atoms with Crippen molar-refractivity contribution in [3.8, 4) is 0 Å². The summed E-state index contributed by atoms with van der Waals surface area (Å²) in [6.45, 7) is -0.0830. The summed E-state index contributed by atoms with van der Waals surface area (Å²) < 4.78 is 6.62. The molecule has 140 valence electrons. The van der Waals surface area contributed by atoms with Crippen LogP contribution in [0.25, 0.3) is 10.9 Å². The molecule has 0 spiro atoms. The van der Waals surface area contributed by atoms with Crippen molar-refractivity contribution in [2.45, 2.75) is 9.79 Å². The number of nitrogens with one attached hydrogen (secondary N) is 1. The Kier molecular flexibility index (Phi) is 6.28. The second-order valence-corrected chi connectivity index (χ2v) is 6.99. The van der Waals surface area contributed by atoms with Crippen LogP contribution in [0, 0.1) is 0 Å². The number of carbonyl (C=O) groups is 1. The quantitative estimate of drug-likeness (QED) is 0.612. The maximum Gasteiger partial charge on any atom is 0.251 e. The number of benzene rings is 2. The molecule has 0 aliphatic carbocycles. The maximum absolute atomic E-state index is 12.2. The number of aliphatic hydroxyl groups excluding tert-OH is 1. The van der Waals surface area contributed by atoms with Crippen LogP contribution < -0.4 is 10.9 Å². The number of hydrogen-bond donors (Lipinski definition) is 2. The third-order valence-electron chi connectivity index (χ3n) is 3.95. The van der Waals surface area contributed by atoms with Crippen LogP contribution in [0.2, 0.25) is 0 Å². The summed E-state index contributed by atoms with van der Waals surface area (Å²) in [6.07, 6.45) is 0. The molecule has 0 aliphatic rings. The van der Waals surface area contributed by atoms with Gasteiger partial charge in [0.15, 0.2) is 0 Å². The van der Waals surface area contributed by atoms with E-state index in [2.05, 4.69) is 5.32 Å². The predicted molar refractivity (Wildman–Crippen MR) is 106 cm³/mol. The van der Waals surface area contributed by atoms with Gasteiger partial charge in [-0.3, -0.25) is 9.59 Å². The normalized spacial score (nSPS) is 10.9. The Morgan fingerprint density at radius 1 is 1.19 bits per heavy atom. The van der Waals surface area contributed by atoms with Gasteiger partial charge < -0.3 is 19.7 Å². The van der Waals surface area contributed by atoms with Crippen molar-refractivity contribution in [2.75, 3.05) is 25.1 Å². The second-order valence-electron chi connectivity index (χ2n) is 5.87. The van der Waals surface area contributed by atoms with Gasteiger partial charge in [-0.2, -0.15) is 0 Å². The lowest BCUT2D eigenvalue weighted by molar-refractivity contribution is -0.120. The summed E-state index contributed by atoms with van der Waals surface area (Å²) in [5, 5.41) is 12.4.